The van der Waals surface area contributed by atoms with E-state index in [-0.39, 0.29) is 11.9 Å². The molecule has 1 aliphatic rings. The third kappa shape index (κ3) is 1.84. The number of carbonyl (C=O) groups is 1. The van der Waals surface area contributed by atoms with Crippen molar-refractivity contribution in [1.82, 2.24) is 4.98 Å². The number of aromatic nitrogens is 1. The molecular formula is C14H15N3O. The van der Waals surface area contributed by atoms with Crippen molar-refractivity contribution in [3.05, 3.63) is 36.5 Å². The number of nitrogens with zero attached hydrogens (tertiary/aromatic N) is 2. The smallest absolute Gasteiger partial charge is 0.243 e. The Kier molecular flexibility index (Phi) is 2.72. The van der Waals surface area contributed by atoms with Crippen molar-refractivity contribution in [1.29, 1.82) is 0 Å². The lowest BCUT2D eigenvalue weighted by Crippen LogP contribution is -2.48. The number of nitrogens with two attached hydrogens (primary N) is 1. The topological polar surface area (TPSA) is 59.2 Å². The highest BCUT2D eigenvalue weighted by Crippen LogP contribution is 2.24. The Bertz CT molecular complexity index is 596. The molecule has 0 spiro atoms. The number of hydrogen-bond acceptors (Lipinski definition) is 3. The van der Waals surface area contributed by atoms with Gasteiger partial charge in [-0.2, -0.15) is 0 Å². The second kappa shape index (κ2) is 4.38. The van der Waals surface area contributed by atoms with Crippen LogP contribution in [0.3, 0.4) is 0 Å². The van der Waals surface area contributed by atoms with Gasteiger partial charge in [-0.05, 0) is 37.1 Å². The molecule has 2 aromatic rings. The number of carbonyl (C=O) groups excluding carboxylic acids is 1. The molecule has 1 aromatic heterocycles. The molecule has 0 radical (unpaired) electrons. The van der Waals surface area contributed by atoms with Crippen LogP contribution in [-0.4, -0.2) is 23.5 Å². The zero-order valence-electron chi connectivity index (χ0n) is 10.0. The summed E-state index contributed by atoms with van der Waals surface area (Å²) in [6.45, 7) is 0.748. The maximum atomic E-state index is 12.0. The van der Waals surface area contributed by atoms with Crippen LogP contribution in [0.4, 0.5) is 5.69 Å². The quantitative estimate of drug-likeness (QED) is 0.826. The van der Waals surface area contributed by atoms with Gasteiger partial charge in [-0.25, -0.2) is 0 Å². The monoisotopic (exact) mass is 241 g/mol. The third-order valence-electron chi connectivity index (χ3n) is 3.38. The lowest BCUT2D eigenvalue weighted by atomic mass is 10.0. The van der Waals surface area contributed by atoms with E-state index in [0.29, 0.717) is 0 Å². The fourth-order valence-electron chi connectivity index (χ4n) is 2.39. The Hall–Kier alpha value is -1.94. The van der Waals surface area contributed by atoms with Crippen LogP contribution < -0.4 is 10.6 Å². The van der Waals surface area contributed by atoms with Gasteiger partial charge in [-0.3, -0.25) is 9.78 Å². The molecule has 1 atom stereocenters. The van der Waals surface area contributed by atoms with Gasteiger partial charge in [0.2, 0.25) is 5.91 Å². The molecule has 2 N–H and O–H groups in total. The summed E-state index contributed by atoms with van der Waals surface area (Å²) < 4.78 is 0. The lowest BCUT2D eigenvalue weighted by molar-refractivity contribution is -0.120. The molecule has 4 heteroatoms. The standard InChI is InChI=1S/C14H15N3O/c15-12-4-2-8-17(14(12)18)11-5-6-13-10(9-11)3-1-7-16-13/h1,3,5-7,9,12H,2,4,8,15H2. The van der Waals surface area contributed by atoms with Gasteiger partial charge < -0.3 is 10.6 Å². The zero-order chi connectivity index (χ0) is 12.5. The van der Waals surface area contributed by atoms with E-state index < -0.39 is 0 Å². The Morgan fingerprint density at radius 1 is 1.33 bits per heavy atom. The van der Waals surface area contributed by atoms with Crippen molar-refractivity contribution < 1.29 is 4.79 Å². The summed E-state index contributed by atoms with van der Waals surface area (Å²) in [6.07, 6.45) is 3.51. The number of hydrogen-bond donors (Lipinski definition) is 1. The van der Waals surface area contributed by atoms with Crippen LogP contribution in [-0.2, 0) is 4.79 Å². The van der Waals surface area contributed by atoms with Gasteiger partial charge in [0.1, 0.15) is 0 Å². The lowest BCUT2D eigenvalue weighted by Gasteiger charge is -2.30. The van der Waals surface area contributed by atoms with E-state index in [1.54, 1.807) is 11.1 Å². The van der Waals surface area contributed by atoms with Crippen LogP contribution in [0.1, 0.15) is 12.8 Å². The molecular weight excluding hydrogens is 226 g/mol. The van der Waals surface area contributed by atoms with Crippen molar-refractivity contribution in [3.8, 4) is 0 Å². The predicted molar refractivity (Wildman–Crippen MR) is 71.3 cm³/mol. The zero-order valence-corrected chi connectivity index (χ0v) is 10.0. The molecule has 1 fully saturated rings. The molecule has 1 aromatic carbocycles. The minimum Gasteiger partial charge on any atom is -0.320 e. The maximum Gasteiger partial charge on any atom is 0.243 e. The predicted octanol–water partition coefficient (Wildman–Crippen LogP) is 1.69. The average Bonchev–Trinajstić information content (AvgIpc) is 2.41. The van der Waals surface area contributed by atoms with Crippen LogP contribution in [0.15, 0.2) is 36.5 Å². The SMILES string of the molecule is NC1CCCN(c2ccc3ncccc3c2)C1=O. The molecule has 0 saturated carbocycles. The molecule has 4 nitrogen and oxygen atoms in total. The highest BCUT2D eigenvalue weighted by molar-refractivity contribution is 5.99. The summed E-state index contributed by atoms with van der Waals surface area (Å²) in [6, 6.07) is 9.42. The first-order chi connectivity index (χ1) is 8.75. The molecule has 3 rings (SSSR count). The van der Waals surface area contributed by atoms with Crippen LogP contribution >= 0.6 is 0 Å². The van der Waals surface area contributed by atoms with Crippen LogP contribution in [0.2, 0.25) is 0 Å². The van der Waals surface area contributed by atoms with E-state index in [2.05, 4.69) is 4.98 Å². The summed E-state index contributed by atoms with van der Waals surface area (Å²) in [7, 11) is 0. The fourth-order valence-corrected chi connectivity index (χ4v) is 2.39. The molecule has 92 valence electrons. The van der Waals surface area contributed by atoms with E-state index in [1.807, 2.05) is 30.3 Å². The van der Waals surface area contributed by atoms with Crippen molar-refractivity contribution >= 4 is 22.5 Å². The molecule has 18 heavy (non-hydrogen) atoms. The van der Waals surface area contributed by atoms with Gasteiger partial charge in [0.25, 0.3) is 0 Å². The first-order valence-corrected chi connectivity index (χ1v) is 6.17. The summed E-state index contributed by atoms with van der Waals surface area (Å²) in [5.74, 6) is 0.0180. The first-order valence-electron chi connectivity index (χ1n) is 6.17. The molecule has 1 saturated heterocycles. The number of benzene rings is 1. The Labute approximate surface area is 105 Å². The van der Waals surface area contributed by atoms with Crippen LogP contribution in [0, 0.1) is 0 Å². The molecule has 1 amide bonds. The number of rotatable bonds is 1. The second-order valence-corrected chi connectivity index (χ2v) is 4.62. The molecule has 1 aliphatic heterocycles. The van der Waals surface area contributed by atoms with E-state index in [4.69, 9.17) is 5.73 Å². The molecule has 2 heterocycles. The minimum atomic E-state index is -0.358. The van der Waals surface area contributed by atoms with E-state index in [0.717, 1.165) is 36.0 Å². The number of pyridine rings is 1. The molecule has 0 bridgehead atoms. The van der Waals surface area contributed by atoms with Crippen molar-refractivity contribution in [2.45, 2.75) is 18.9 Å². The normalized spacial score (nSPS) is 20.4. The van der Waals surface area contributed by atoms with E-state index in [9.17, 15) is 4.79 Å². The van der Waals surface area contributed by atoms with Gasteiger partial charge in [0, 0.05) is 23.8 Å². The largest absolute Gasteiger partial charge is 0.320 e. The number of anilines is 1. The van der Waals surface area contributed by atoms with Gasteiger partial charge in [0.05, 0.1) is 11.6 Å². The number of piperidine rings is 1. The van der Waals surface area contributed by atoms with Crippen LogP contribution in [0.25, 0.3) is 10.9 Å². The molecule has 0 aliphatic carbocycles. The van der Waals surface area contributed by atoms with Crippen molar-refractivity contribution in [2.75, 3.05) is 11.4 Å². The van der Waals surface area contributed by atoms with Gasteiger partial charge in [-0.15, -0.1) is 0 Å². The number of amides is 1. The van der Waals surface area contributed by atoms with E-state index in [1.165, 1.54) is 0 Å². The average molecular weight is 241 g/mol. The Balaban J connectivity index is 2.01. The maximum absolute atomic E-state index is 12.0. The van der Waals surface area contributed by atoms with Crippen LogP contribution in [0.5, 0.6) is 0 Å². The third-order valence-corrected chi connectivity index (χ3v) is 3.38. The Morgan fingerprint density at radius 3 is 3.11 bits per heavy atom. The first kappa shape index (κ1) is 11.2. The van der Waals surface area contributed by atoms with Crippen molar-refractivity contribution in [3.63, 3.8) is 0 Å². The van der Waals surface area contributed by atoms with Gasteiger partial charge in [-0.1, -0.05) is 6.07 Å². The highest BCUT2D eigenvalue weighted by atomic mass is 16.2. The van der Waals surface area contributed by atoms with Crippen molar-refractivity contribution in [2.24, 2.45) is 5.73 Å². The second-order valence-electron chi connectivity index (χ2n) is 4.62. The summed E-state index contributed by atoms with van der Waals surface area (Å²) in [5.41, 5.74) is 7.67. The number of fused-ring (bicyclic) bond motifs is 1. The fraction of sp³-hybridized carbons (Fsp3) is 0.286. The highest BCUT2D eigenvalue weighted by Gasteiger charge is 2.26. The summed E-state index contributed by atoms with van der Waals surface area (Å²) >= 11 is 0. The Morgan fingerprint density at radius 2 is 2.22 bits per heavy atom. The van der Waals surface area contributed by atoms with E-state index >= 15 is 0 Å². The minimum absolute atomic E-state index is 0.0180. The van der Waals surface area contributed by atoms with Gasteiger partial charge in [0.15, 0.2) is 0 Å². The summed E-state index contributed by atoms with van der Waals surface area (Å²) in [4.78, 5) is 18.1. The molecule has 1 unspecified atom stereocenters. The van der Waals surface area contributed by atoms with Gasteiger partial charge >= 0.3 is 0 Å². The summed E-state index contributed by atoms with van der Waals surface area (Å²) in [5, 5.41) is 1.04.